The summed E-state index contributed by atoms with van der Waals surface area (Å²) >= 11 is 0. The number of carbonyl (C=O) groups excluding carboxylic acids is 1. The van der Waals surface area contributed by atoms with Gasteiger partial charge < -0.3 is 19.5 Å². The van der Waals surface area contributed by atoms with Gasteiger partial charge in [0, 0.05) is 12.0 Å². The number of para-hydroxylation sites is 3. The summed E-state index contributed by atoms with van der Waals surface area (Å²) in [5.41, 5.74) is 1.03. The molecule has 1 N–H and O–H groups in total. The summed E-state index contributed by atoms with van der Waals surface area (Å²) in [6.45, 7) is 0.913. The highest BCUT2D eigenvalue weighted by atomic mass is 16.5. The summed E-state index contributed by atoms with van der Waals surface area (Å²) < 4.78 is 16.5. The van der Waals surface area contributed by atoms with Crippen LogP contribution >= 0.6 is 0 Å². The number of fused-ring (bicyclic) bond motifs is 1. The summed E-state index contributed by atoms with van der Waals surface area (Å²) in [7, 11) is 1.59. The van der Waals surface area contributed by atoms with E-state index in [0.29, 0.717) is 24.7 Å². The van der Waals surface area contributed by atoms with Gasteiger partial charge in [0.2, 0.25) is 5.91 Å². The lowest BCUT2D eigenvalue weighted by atomic mass is 10.0. The summed E-state index contributed by atoms with van der Waals surface area (Å²) in [5, 5.41) is 3.06. The molecule has 5 heteroatoms. The summed E-state index contributed by atoms with van der Waals surface area (Å²) in [6.07, 6.45) is 1.06. The molecule has 0 aliphatic carbocycles. The quantitative estimate of drug-likeness (QED) is 0.886. The SMILES string of the molecule is COc1ccccc1OCCC(=O)NC1CCOc2ccccc21. The number of amides is 1. The summed E-state index contributed by atoms with van der Waals surface area (Å²) in [6, 6.07) is 15.2. The molecule has 1 aliphatic heterocycles. The van der Waals surface area contributed by atoms with Crippen LogP contribution in [0.2, 0.25) is 0 Å². The molecule has 0 saturated heterocycles. The minimum atomic E-state index is -0.0356. The standard InChI is InChI=1S/C19H21NO4/c1-22-17-8-4-5-9-18(17)24-13-11-19(21)20-15-10-12-23-16-7-3-2-6-14(15)16/h2-9,15H,10-13H2,1H3,(H,20,21). The smallest absolute Gasteiger partial charge is 0.223 e. The lowest BCUT2D eigenvalue weighted by Crippen LogP contribution is -2.32. The van der Waals surface area contributed by atoms with Crippen molar-refractivity contribution in [1.29, 1.82) is 0 Å². The molecule has 0 spiro atoms. The Morgan fingerprint density at radius 1 is 1.17 bits per heavy atom. The molecule has 0 saturated carbocycles. The fraction of sp³-hybridized carbons (Fsp3) is 0.316. The first kappa shape index (κ1) is 16.2. The first-order chi connectivity index (χ1) is 11.8. The van der Waals surface area contributed by atoms with Crippen LogP contribution in [0, 0.1) is 0 Å². The van der Waals surface area contributed by atoms with E-state index in [0.717, 1.165) is 17.7 Å². The minimum Gasteiger partial charge on any atom is -0.493 e. The average molecular weight is 327 g/mol. The first-order valence-corrected chi connectivity index (χ1v) is 8.05. The normalized spacial score (nSPS) is 15.8. The zero-order valence-electron chi connectivity index (χ0n) is 13.7. The van der Waals surface area contributed by atoms with Gasteiger partial charge in [0.1, 0.15) is 5.75 Å². The predicted octanol–water partition coefficient (Wildman–Crippen LogP) is 3.10. The van der Waals surface area contributed by atoms with Crippen LogP contribution in [0.3, 0.4) is 0 Å². The Labute approximate surface area is 141 Å². The maximum absolute atomic E-state index is 12.2. The third-order valence-electron chi connectivity index (χ3n) is 3.95. The molecule has 1 aliphatic rings. The molecular weight excluding hydrogens is 306 g/mol. The molecule has 5 nitrogen and oxygen atoms in total. The Balaban J connectivity index is 1.52. The highest BCUT2D eigenvalue weighted by Gasteiger charge is 2.22. The number of benzene rings is 2. The number of nitrogens with one attached hydrogen (secondary N) is 1. The fourth-order valence-corrected chi connectivity index (χ4v) is 2.75. The van der Waals surface area contributed by atoms with Crippen LogP contribution in [0.25, 0.3) is 0 Å². The van der Waals surface area contributed by atoms with Gasteiger partial charge in [0.05, 0.1) is 32.8 Å². The van der Waals surface area contributed by atoms with Crippen LogP contribution in [0.5, 0.6) is 17.2 Å². The highest BCUT2D eigenvalue weighted by molar-refractivity contribution is 5.76. The number of rotatable bonds is 6. The van der Waals surface area contributed by atoms with E-state index < -0.39 is 0 Å². The molecule has 0 fully saturated rings. The van der Waals surface area contributed by atoms with E-state index in [1.165, 1.54) is 0 Å². The monoisotopic (exact) mass is 327 g/mol. The van der Waals surface area contributed by atoms with E-state index >= 15 is 0 Å². The van der Waals surface area contributed by atoms with Crippen molar-refractivity contribution < 1.29 is 19.0 Å². The lowest BCUT2D eigenvalue weighted by molar-refractivity contribution is -0.122. The third-order valence-corrected chi connectivity index (χ3v) is 3.95. The van der Waals surface area contributed by atoms with Crippen LogP contribution in [0.15, 0.2) is 48.5 Å². The Bertz CT molecular complexity index is 701. The Morgan fingerprint density at radius 3 is 2.75 bits per heavy atom. The van der Waals surface area contributed by atoms with Crippen molar-refractivity contribution in [3.05, 3.63) is 54.1 Å². The van der Waals surface area contributed by atoms with E-state index in [9.17, 15) is 4.79 Å². The Hall–Kier alpha value is -2.69. The maximum atomic E-state index is 12.2. The molecule has 3 rings (SSSR count). The number of carbonyl (C=O) groups is 1. The highest BCUT2D eigenvalue weighted by Crippen LogP contribution is 2.31. The van der Waals surface area contributed by atoms with Crippen molar-refractivity contribution in [2.24, 2.45) is 0 Å². The van der Waals surface area contributed by atoms with Crippen molar-refractivity contribution >= 4 is 5.91 Å². The second kappa shape index (κ2) is 7.73. The molecular formula is C19H21NO4. The fourth-order valence-electron chi connectivity index (χ4n) is 2.75. The molecule has 126 valence electrons. The molecule has 0 aromatic heterocycles. The Morgan fingerprint density at radius 2 is 1.92 bits per heavy atom. The van der Waals surface area contributed by atoms with Gasteiger partial charge in [-0.3, -0.25) is 4.79 Å². The second-order valence-corrected chi connectivity index (χ2v) is 5.54. The number of methoxy groups -OCH3 is 1. The molecule has 2 aromatic rings. The maximum Gasteiger partial charge on any atom is 0.223 e. The number of hydrogen-bond donors (Lipinski definition) is 1. The van der Waals surface area contributed by atoms with Gasteiger partial charge in [-0.15, -0.1) is 0 Å². The van der Waals surface area contributed by atoms with Gasteiger partial charge >= 0.3 is 0 Å². The van der Waals surface area contributed by atoms with Crippen LogP contribution in [-0.2, 0) is 4.79 Å². The van der Waals surface area contributed by atoms with Crippen LogP contribution in [0.1, 0.15) is 24.4 Å². The molecule has 1 atom stereocenters. The van der Waals surface area contributed by atoms with Crippen molar-refractivity contribution in [3.8, 4) is 17.2 Å². The van der Waals surface area contributed by atoms with Gasteiger partial charge in [-0.05, 0) is 18.2 Å². The Kier molecular flexibility index (Phi) is 5.21. The zero-order valence-corrected chi connectivity index (χ0v) is 13.7. The lowest BCUT2D eigenvalue weighted by Gasteiger charge is -2.26. The largest absolute Gasteiger partial charge is 0.493 e. The number of ether oxygens (including phenoxy) is 3. The van der Waals surface area contributed by atoms with Crippen LogP contribution in [-0.4, -0.2) is 26.2 Å². The molecule has 1 unspecified atom stereocenters. The molecule has 1 heterocycles. The minimum absolute atomic E-state index is 0.00582. The van der Waals surface area contributed by atoms with Crippen molar-refractivity contribution in [2.75, 3.05) is 20.3 Å². The van der Waals surface area contributed by atoms with Gasteiger partial charge in [-0.25, -0.2) is 0 Å². The molecule has 1 amide bonds. The van der Waals surface area contributed by atoms with E-state index in [1.807, 2.05) is 48.5 Å². The van der Waals surface area contributed by atoms with Gasteiger partial charge in [-0.1, -0.05) is 30.3 Å². The molecule has 0 radical (unpaired) electrons. The van der Waals surface area contributed by atoms with E-state index in [4.69, 9.17) is 14.2 Å². The van der Waals surface area contributed by atoms with Crippen molar-refractivity contribution in [2.45, 2.75) is 18.9 Å². The van der Waals surface area contributed by atoms with Gasteiger partial charge in [0.15, 0.2) is 11.5 Å². The summed E-state index contributed by atoms with van der Waals surface area (Å²) in [5.74, 6) is 2.12. The van der Waals surface area contributed by atoms with Gasteiger partial charge in [0.25, 0.3) is 0 Å². The second-order valence-electron chi connectivity index (χ2n) is 5.54. The van der Waals surface area contributed by atoms with Crippen LogP contribution < -0.4 is 19.5 Å². The average Bonchev–Trinajstić information content (AvgIpc) is 2.62. The molecule has 24 heavy (non-hydrogen) atoms. The molecule has 2 aromatic carbocycles. The van der Waals surface area contributed by atoms with Crippen molar-refractivity contribution in [3.63, 3.8) is 0 Å². The van der Waals surface area contributed by atoms with E-state index in [-0.39, 0.29) is 18.4 Å². The van der Waals surface area contributed by atoms with E-state index in [2.05, 4.69) is 5.32 Å². The first-order valence-electron chi connectivity index (χ1n) is 8.05. The zero-order chi connectivity index (χ0) is 16.8. The van der Waals surface area contributed by atoms with Gasteiger partial charge in [-0.2, -0.15) is 0 Å². The van der Waals surface area contributed by atoms with E-state index in [1.54, 1.807) is 7.11 Å². The predicted molar refractivity (Wildman–Crippen MR) is 90.5 cm³/mol. The summed E-state index contributed by atoms with van der Waals surface area (Å²) in [4.78, 5) is 12.2. The van der Waals surface area contributed by atoms with Crippen LogP contribution in [0.4, 0.5) is 0 Å². The third kappa shape index (κ3) is 3.79. The molecule has 0 bridgehead atoms. The topological polar surface area (TPSA) is 56.8 Å². The van der Waals surface area contributed by atoms with Crippen molar-refractivity contribution in [1.82, 2.24) is 5.32 Å². The number of hydrogen-bond acceptors (Lipinski definition) is 4.